The molecule has 0 radical (unpaired) electrons. The molecule has 0 unspecified atom stereocenters. The van der Waals surface area contributed by atoms with Gasteiger partial charge in [-0.3, -0.25) is 9.59 Å². The number of hydrogen-bond donors (Lipinski definition) is 1. The molecule has 4 nitrogen and oxygen atoms in total. The van der Waals surface area contributed by atoms with E-state index >= 15 is 0 Å². The van der Waals surface area contributed by atoms with E-state index in [0.717, 1.165) is 11.1 Å². The summed E-state index contributed by atoms with van der Waals surface area (Å²) in [4.78, 5) is 24.0. The van der Waals surface area contributed by atoms with Gasteiger partial charge in [0.1, 0.15) is 6.10 Å². The van der Waals surface area contributed by atoms with E-state index in [2.05, 4.69) is 0 Å². The molecule has 3 aliphatic rings. The van der Waals surface area contributed by atoms with Crippen LogP contribution in [0.3, 0.4) is 0 Å². The van der Waals surface area contributed by atoms with Crippen LogP contribution in [0.1, 0.15) is 27.2 Å². The second-order valence-electron chi connectivity index (χ2n) is 6.12. The van der Waals surface area contributed by atoms with Crippen LogP contribution in [0.4, 0.5) is 0 Å². The Morgan fingerprint density at radius 1 is 1.37 bits per heavy atom. The summed E-state index contributed by atoms with van der Waals surface area (Å²) in [5.41, 5.74) is 1.13. The number of hydrogen-bond acceptors (Lipinski definition) is 4. The van der Waals surface area contributed by atoms with Crippen molar-refractivity contribution >= 4 is 11.8 Å². The number of carbonyl (C=O) groups excluding carboxylic acids is 2. The van der Waals surface area contributed by atoms with Gasteiger partial charge < -0.3 is 9.84 Å². The number of fused-ring (bicyclic) bond motifs is 3. The van der Waals surface area contributed by atoms with Gasteiger partial charge >= 0.3 is 5.97 Å². The van der Waals surface area contributed by atoms with Crippen LogP contribution >= 0.6 is 0 Å². The first-order chi connectivity index (χ1) is 8.86. The van der Waals surface area contributed by atoms with Gasteiger partial charge in [-0.05, 0) is 37.5 Å². The Hall–Kier alpha value is -1.42. The van der Waals surface area contributed by atoms with Crippen LogP contribution in [0.5, 0.6) is 0 Å². The van der Waals surface area contributed by atoms with E-state index in [1.54, 1.807) is 19.1 Å². The molecular formula is C15H18O4. The molecule has 0 aromatic heterocycles. The lowest BCUT2D eigenvalue weighted by Crippen LogP contribution is -2.50. The highest BCUT2D eigenvalue weighted by atomic mass is 16.6. The molecule has 0 amide bonds. The highest BCUT2D eigenvalue weighted by Gasteiger charge is 2.58. The van der Waals surface area contributed by atoms with Crippen molar-refractivity contribution in [3.8, 4) is 0 Å². The molecule has 4 heteroatoms. The van der Waals surface area contributed by atoms with Gasteiger partial charge in [0.15, 0.2) is 5.78 Å². The van der Waals surface area contributed by atoms with Gasteiger partial charge in [0.25, 0.3) is 0 Å². The predicted molar refractivity (Wildman–Crippen MR) is 68.1 cm³/mol. The van der Waals surface area contributed by atoms with Gasteiger partial charge in [-0.2, -0.15) is 0 Å². The number of ketones is 1. The molecule has 102 valence electrons. The minimum atomic E-state index is -0.732. The third kappa shape index (κ3) is 1.49. The van der Waals surface area contributed by atoms with Gasteiger partial charge in [-0.25, -0.2) is 0 Å². The van der Waals surface area contributed by atoms with Crippen molar-refractivity contribution in [2.45, 2.75) is 39.4 Å². The first-order valence-corrected chi connectivity index (χ1v) is 6.68. The van der Waals surface area contributed by atoms with Gasteiger partial charge in [0, 0.05) is 5.92 Å². The molecule has 1 aliphatic heterocycles. The maximum Gasteiger partial charge on any atom is 0.309 e. The molecule has 3 rings (SSSR count). The minimum Gasteiger partial charge on any atom is -0.457 e. The number of ether oxygens (including phenoxy) is 1. The monoisotopic (exact) mass is 262 g/mol. The lowest BCUT2D eigenvalue weighted by atomic mass is 9.59. The van der Waals surface area contributed by atoms with E-state index < -0.39 is 17.6 Å². The van der Waals surface area contributed by atoms with Crippen molar-refractivity contribution in [1.29, 1.82) is 0 Å². The number of aliphatic hydroxyl groups excluding tert-OH is 1. The Morgan fingerprint density at radius 2 is 2.05 bits per heavy atom. The molecule has 0 aromatic carbocycles. The summed E-state index contributed by atoms with van der Waals surface area (Å²) in [7, 11) is 0. The average molecular weight is 262 g/mol. The molecule has 1 N–H and O–H groups in total. The third-order valence-corrected chi connectivity index (χ3v) is 4.94. The highest BCUT2D eigenvalue weighted by molar-refractivity contribution is 5.99. The molecule has 0 bridgehead atoms. The Balaban J connectivity index is 2.15. The van der Waals surface area contributed by atoms with E-state index in [0.29, 0.717) is 6.42 Å². The first-order valence-electron chi connectivity index (χ1n) is 6.68. The van der Waals surface area contributed by atoms with Gasteiger partial charge in [-0.15, -0.1) is 0 Å². The third-order valence-electron chi connectivity index (χ3n) is 4.94. The second kappa shape index (κ2) is 3.79. The Kier molecular flexibility index (Phi) is 2.52. The average Bonchev–Trinajstić information content (AvgIpc) is 2.61. The van der Waals surface area contributed by atoms with Crippen molar-refractivity contribution in [3.63, 3.8) is 0 Å². The Morgan fingerprint density at radius 3 is 2.74 bits per heavy atom. The highest BCUT2D eigenvalue weighted by Crippen LogP contribution is 2.52. The van der Waals surface area contributed by atoms with Crippen molar-refractivity contribution in [3.05, 3.63) is 23.3 Å². The smallest absolute Gasteiger partial charge is 0.309 e. The first kappa shape index (κ1) is 12.6. The summed E-state index contributed by atoms with van der Waals surface area (Å²) in [6.45, 7) is 5.56. The minimum absolute atomic E-state index is 0.0128. The molecule has 1 saturated heterocycles. The van der Waals surface area contributed by atoms with Crippen LogP contribution in [0.25, 0.3) is 0 Å². The SMILES string of the molecule is CC1=C2[C@H]3OC(=O)[C@@H](C)[C@H]3[C@@H](O)C[C@@]2(C)C(=O)C=C1. The normalized spacial score (nSPS) is 45.1. The molecule has 2 fully saturated rings. The van der Waals surface area contributed by atoms with E-state index in [4.69, 9.17) is 4.74 Å². The molecule has 1 heterocycles. The quantitative estimate of drug-likeness (QED) is 0.670. The van der Waals surface area contributed by atoms with Gasteiger partial charge in [-0.1, -0.05) is 13.0 Å². The maximum absolute atomic E-state index is 12.2. The fourth-order valence-electron chi connectivity index (χ4n) is 3.86. The van der Waals surface area contributed by atoms with Crippen molar-refractivity contribution in [2.24, 2.45) is 17.3 Å². The van der Waals surface area contributed by atoms with Crippen LogP contribution in [0, 0.1) is 17.3 Å². The summed E-state index contributed by atoms with van der Waals surface area (Å²) >= 11 is 0. The fraction of sp³-hybridized carbons (Fsp3) is 0.600. The van der Waals surface area contributed by atoms with Crippen LogP contribution in [-0.4, -0.2) is 29.1 Å². The lowest BCUT2D eigenvalue weighted by Gasteiger charge is -2.45. The molecule has 5 atom stereocenters. The molecule has 0 spiro atoms. The summed E-state index contributed by atoms with van der Waals surface area (Å²) in [5, 5.41) is 10.3. The van der Waals surface area contributed by atoms with E-state index in [9.17, 15) is 14.7 Å². The second-order valence-corrected chi connectivity index (χ2v) is 6.12. The summed E-state index contributed by atoms with van der Waals surface area (Å²) in [6, 6.07) is 0. The topological polar surface area (TPSA) is 63.6 Å². The van der Waals surface area contributed by atoms with E-state index in [1.807, 2.05) is 13.8 Å². The number of aliphatic hydroxyl groups is 1. The van der Waals surface area contributed by atoms with Crippen molar-refractivity contribution in [2.75, 3.05) is 0 Å². The van der Waals surface area contributed by atoms with Crippen molar-refractivity contribution < 1.29 is 19.4 Å². The zero-order chi connectivity index (χ0) is 13.9. The number of carbonyl (C=O) groups is 2. The molecular weight excluding hydrogens is 244 g/mol. The predicted octanol–water partition coefficient (Wildman–Crippen LogP) is 1.39. The van der Waals surface area contributed by atoms with Crippen LogP contribution < -0.4 is 0 Å². The van der Waals surface area contributed by atoms with Crippen LogP contribution in [0.15, 0.2) is 23.3 Å². The number of esters is 1. The van der Waals surface area contributed by atoms with Crippen LogP contribution in [-0.2, 0) is 14.3 Å². The largest absolute Gasteiger partial charge is 0.457 e. The lowest BCUT2D eigenvalue weighted by molar-refractivity contribution is -0.144. The van der Waals surface area contributed by atoms with E-state index in [1.165, 1.54) is 0 Å². The molecule has 2 aliphatic carbocycles. The fourth-order valence-corrected chi connectivity index (χ4v) is 3.86. The summed E-state index contributed by atoms with van der Waals surface area (Å²) < 4.78 is 5.46. The maximum atomic E-state index is 12.2. The van der Waals surface area contributed by atoms with Crippen molar-refractivity contribution in [1.82, 2.24) is 0 Å². The zero-order valence-corrected chi connectivity index (χ0v) is 11.3. The Bertz CT molecular complexity index is 530. The molecule has 19 heavy (non-hydrogen) atoms. The Labute approximate surface area is 112 Å². The molecule has 0 aromatic rings. The summed E-state index contributed by atoms with van der Waals surface area (Å²) in [5.74, 6) is -0.836. The van der Waals surface area contributed by atoms with Gasteiger partial charge in [0.2, 0.25) is 0 Å². The zero-order valence-electron chi connectivity index (χ0n) is 11.3. The standard InChI is InChI=1S/C15H18O4/c1-7-4-5-10(17)15(3)6-9(16)11-8(2)14(18)19-13(11)12(7)15/h4-5,8-9,11,13,16H,6H2,1-3H3/t8-,9-,11-,13-,15-/m0/s1. The number of rotatable bonds is 0. The van der Waals surface area contributed by atoms with Crippen LogP contribution in [0.2, 0.25) is 0 Å². The summed E-state index contributed by atoms with van der Waals surface area (Å²) in [6.07, 6.45) is 2.58. The number of allylic oxidation sites excluding steroid dienone is 3. The van der Waals surface area contributed by atoms with E-state index in [-0.39, 0.29) is 23.6 Å². The molecule has 1 saturated carbocycles. The van der Waals surface area contributed by atoms with Gasteiger partial charge in [0.05, 0.1) is 17.4 Å².